The highest BCUT2D eigenvalue weighted by atomic mass is 35.5. The zero-order chi connectivity index (χ0) is 13.8. The molecule has 0 saturated carbocycles. The maximum atomic E-state index is 10.9. The molecule has 0 atom stereocenters. The third kappa shape index (κ3) is 3.12. The first-order valence-electron chi connectivity index (χ1n) is 5.14. The van der Waals surface area contributed by atoms with E-state index in [1.807, 2.05) is 0 Å². The molecule has 9 heteroatoms. The minimum atomic E-state index is -1.15. The number of carboxylic acids is 1. The molecule has 0 fully saturated rings. The first kappa shape index (κ1) is 13.6. The average Bonchev–Trinajstić information content (AvgIpc) is 2.86. The number of hydrogen-bond donors (Lipinski definition) is 1. The minimum absolute atomic E-state index is 0.0356. The number of tetrazole rings is 1. The molecule has 0 saturated heterocycles. The normalized spacial score (nSPS) is 10.4. The lowest BCUT2D eigenvalue weighted by molar-refractivity contribution is 0.0696. The number of nitrogens with zero attached hydrogens (tertiary/aromatic N) is 4. The molecule has 1 heterocycles. The molecule has 0 radical (unpaired) electrons. The van der Waals surface area contributed by atoms with Gasteiger partial charge in [0.15, 0.2) is 12.1 Å². The van der Waals surface area contributed by atoms with E-state index < -0.39 is 5.97 Å². The summed E-state index contributed by atoms with van der Waals surface area (Å²) in [6.45, 7) is 0.517. The number of aromatic carboxylic acids is 1. The first-order valence-corrected chi connectivity index (χ1v) is 5.90. The van der Waals surface area contributed by atoms with E-state index in [9.17, 15) is 4.79 Å². The van der Waals surface area contributed by atoms with Crippen LogP contribution in [0, 0.1) is 0 Å². The van der Waals surface area contributed by atoms with Gasteiger partial charge in [0, 0.05) is 0 Å². The lowest BCUT2D eigenvalue weighted by Gasteiger charge is -2.11. The van der Waals surface area contributed by atoms with Gasteiger partial charge in [-0.15, -0.1) is 10.2 Å². The van der Waals surface area contributed by atoms with Crippen molar-refractivity contribution in [1.82, 2.24) is 20.2 Å². The van der Waals surface area contributed by atoms with Crippen molar-refractivity contribution in [3.05, 3.63) is 34.1 Å². The van der Waals surface area contributed by atoms with Gasteiger partial charge in [-0.1, -0.05) is 23.2 Å². The van der Waals surface area contributed by atoms with Gasteiger partial charge in [0.05, 0.1) is 22.2 Å². The van der Waals surface area contributed by atoms with Gasteiger partial charge >= 0.3 is 5.97 Å². The standard InChI is InChI=1S/C10H8Cl2N4O3/c11-7-2-1-6(10(17)18)8(12)9(7)19-4-3-16-14-5-13-15-16/h1-2,5H,3-4H2,(H,17,18). The smallest absolute Gasteiger partial charge is 0.337 e. The molecular weight excluding hydrogens is 295 g/mol. The maximum Gasteiger partial charge on any atom is 0.337 e. The van der Waals surface area contributed by atoms with Crippen LogP contribution in [0.4, 0.5) is 0 Å². The number of benzene rings is 1. The van der Waals surface area contributed by atoms with E-state index >= 15 is 0 Å². The Morgan fingerprint density at radius 3 is 2.84 bits per heavy atom. The summed E-state index contributed by atoms with van der Waals surface area (Å²) in [7, 11) is 0. The Labute approximate surface area is 117 Å². The number of carbonyl (C=O) groups is 1. The van der Waals surface area contributed by atoms with Gasteiger partial charge in [-0.05, 0) is 17.3 Å². The largest absolute Gasteiger partial charge is 0.488 e. The summed E-state index contributed by atoms with van der Waals surface area (Å²) in [5.74, 6) is -1.02. The van der Waals surface area contributed by atoms with Crippen LogP contribution in [-0.2, 0) is 6.54 Å². The maximum absolute atomic E-state index is 10.9. The van der Waals surface area contributed by atoms with Crippen LogP contribution in [0.5, 0.6) is 5.75 Å². The van der Waals surface area contributed by atoms with Crippen molar-refractivity contribution < 1.29 is 14.6 Å². The van der Waals surface area contributed by atoms with Crippen LogP contribution in [0.15, 0.2) is 18.5 Å². The predicted molar refractivity (Wildman–Crippen MR) is 66.7 cm³/mol. The van der Waals surface area contributed by atoms with Crippen LogP contribution >= 0.6 is 23.2 Å². The van der Waals surface area contributed by atoms with Gasteiger partial charge in [-0.3, -0.25) is 0 Å². The van der Waals surface area contributed by atoms with E-state index in [-0.39, 0.29) is 28.0 Å². The SMILES string of the molecule is O=C(O)c1ccc(Cl)c(OCCn2ncnn2)c1Cl. The molecule has 2 aromatic rings. The molecule has 100 valence electrons. The van der Waals surface area contributed by atoms with Crippen LogP contribution in [0.1, 0.15) is 10.4 Å². The molecule has 2 rings (SSSR count). The fourth-order valence-corrected chi connectivity index (χ4v) is 1.91. The third-order valence-electron chi connectivity index (χ3n) is 2.21. The monoisotopic (exact) mass is 302 g/mol. The quantitative estimate of drug-likeness (QED) is 0.905. The summed E-state index contributed by atoms with van der Waals surface area (Å²) in [4.78, 5) is 12.3. The van der Waals surface area contributed by atoms with Crippen LogP contribution in [0.3, 0.4) is 0 Å². The highest BCUT2D eigenvalue weighted by Crippen LogP contribution is 2.35. The van der Waals surface area contributed by atoms with E-state index in [0.717, 1.165) is 0 Å². The van der Waals surface area contributed by atoms with Crippen molar-refractivity contribution in [1.29, 1.82) is 0 Å². The topological polar surface area (TPSA) is 90.1 Å². The molecular formula is C10H8Cl2N4O3. The molecule has 0 aliphatic heterocycles. The molecule has 0 spiro atoms. The zero-order valence-electron chi connectivity index (χ0n) is 9.45. The number of aromatic nitrogens is 4. The Hall–Kier alpha value is -1.86. The number of carboxylic acid groups (broad SMARTS) is 1. The Morgan fingerprint density at radius 1 is 1.42 bits per heavy atom. The van der Waals surface area contributed by atoms with Gasteiger partial charge < -0.3 is 9.84 Å². The molecule has 19 heavy (non-hydrogen) atoms. The summed E-state index contributed by atoms with van der Waals surface area (Å²) >= 11 is 11.8. The lowest BCUT2D eigenvalue weighted by atomic mass is 10.2. The highest BCUT2D eigenvalue weighted by molar-refractivity contribution is 6.39. The van der Waals surface area contributed by atoms with Gasteiger partial charge in [-0.25, -0.2) is 4.79 Å². The molecule has 1 N–H and O–H groups in total. The first-order chi connectivity index (χ1) is 9.09. The van der Waals surface area contributed by atoms with Crippen molar-refractivity contribution in [2.24, 2.45) is 0 Å². The van der Waals surface area contributed by atoms with Crippen molar-refractivity contribution in [3.8, 4) is 5.75 Å². The summed E-state index contributed by atoms with van der Waals surface area (Å²) in [5, 5.41) is 20.1. The molecule has 0 aliphatic rings. The van der Waals surface area contributed by atoms with Gasteiger partial charge in [-0.2, -0.15) is 4.80 Å². The molecule has 7 nitrogen and oxygen atoms in total. The third-order valence-corrected chi connectivity index (χ3v) is 2.88. The van der Waals surface area contributed by atoms with Crippen molar-refractivity contribution >= 4 is 29.2 Å². The fourth-order valence-electron chi connectivity index (χ4n) is 1.35. The summed E-state index contributed by atoms with van der Waals surface area (Å²) in [5.41, 5.74) is -0.0695. The van der Waals surface area contributed by atoms with Crippen molar-refractivity contribution in [2.45, 2.75) is 6.54 Å². The molecule has 0 bridgehead atoms. The molecule has 0 unspecified atom stereocenters. The second-order valence-electron chi connectivity index (χ2n) is 3.42. The Kier molecular flexibility index (Phi) is 4.18. The minimum Gasteiger partial charge on any atom is -0.488 e. The number of hydrogen-bond acceptors (Lipinski definition) is 5. The van der Waals surface area contributed by atoms with E-state index in [1.165, 1.54) is 23.3 Å². The molecule has 0 amide bonds. The fraction of sp³-hybridized carbons (Fsp3) is 0.200. The van der Waals surface area contributed by atoms with Gasteiger partial charge in [0.25, 0.3) is 0 Å². The Bertz CT molecular complexity index is 589. The number of rotatable bonds is 5. The Balaban J connectivity index is 2.11. The summed E-state index contributed by atoms with van der Waals surface area (Å²) in [6.07, 6.45) is 1.30. The number of ether oxygens (including phenoxy) is 1. The van der Waals surface area contributed by atoms with Crippen molar-refractivity contribution in [3.63, 3.8) is 0 Å². The predicted octanol–water partition coefficient (Wildman–Crippen LogP) is 1.76. The second kappa shape index (κ2) is 5.85. The highest BCUT2D eigenvalue weighted by Gasteiger charge is 2.16. The molecule has 0 aliphatic carbocycles. The number of halogens is 2. The van der Waals surface area contributed by atoms with Crippen LogP contribution in [0.2, 0.25) is 10.0 Å². The van der Waals surface area contributed by atoms with E-state index in [2.05, 4.69) is 15.4 Å². The zero-order valence-corrected chi connectivity index (χ0v) is 11.0. The Morgan fingerprint density at radius 2 is 2.21 bits per heavy atom. The van der Waals surface area contributed by atoms with E-state index in [0.29, 0.717) is 6.54 Å². The van der Waals surface area contributed by atoms with Gasteiger partial charge in [0.1, 0.15) is 6.61 Å². The van der Waals surface area contributed by atoms with Crippen LogP contribution in [-0.4, -0.2) is 37.9 Å². The lowest BCUT2D eigenvalue weighted by Crippen LogP contribution is -2.12. The summed E-state index contributed by atoms with van der Waals surface area (Å²) in [6, 6.07) is 2.73. The average molecular weight is 303 g/mol. The van der Waals surface area contributed by atoms with Crippen LogP contribution < -0.4 is 4.74 Å². The molecule has 1 aromatic carbocycles. The van der Waals surface area contributed by atoms with Crippen LogP contribution in [0.25, 0.3) is 0 Å². The van der Waals surface area contributed by atoms with Gasteiger partial charge in [0.2, 0.25) is 0 Å². The summed E-state index contributed by atoms with van der Waals surface area (Å²) < 4.78 is 5.38. The molecule has 1 aromatic heterocycles. The second-order valence-corrected chi connectivity index (χ2v) is 4.21. The van der Waals surface area contributed by atoms with E-state index in [1.54, 1.807) is 0 Å². The van der Waals surface area contributed by atoms with E-state index in [4.69, 9.17) is 33.0 Å². The van der Waals surface area contributed by atoms with Crippen molar-refractivity contribution in [2.75, 3.05) is 6.61 Å².